The quantitative estimate of drug-likeness (QED) is 0.298. The maximum atomic E-state index is 12.1. The van der Waals surface area contributed by atoms with Gasteiger partial charge in [0.15, 0.2) is 0 Å². The van der Waals surface area contributed by atoms with E-state index in [-0.39, 0.29) is 13.0 Å². The minimum atomic E-state index is -1.02. The molecule has 0 aliphatic rings. The summed E-state index contributed by atoms with van der Waals surface area (Å²) in [4.78, 5) is 33.1. The van der Waals surface area contributed by atoms with E-state index >= 15 is 0 Å². The number of methoxy groups -OCH3 is 1. The van der Waals surface area contributed by atoms with E-state index in [0.29, 0.717) is 19.4 Å². The van der Waals surface area contributed by atoms with Gasteiger partial charge in [-0.05, 0) is 26.2 Å². The summed E-state index contributed by atoms with van der Waals surface area (Å²) in [6, 6.07) is -1.02. The van der Waals surface area contributed by atoms with Gasteiger partial charge in [-0.25, -0.2) is 9.59 Å². The summed E-state index contributed by atoms with van der Waals surface area (Å²) in [5.74, 6) is -0.950. The van der Waals surface area contributed by atoms with Gasteiger partial charge in [-0.2, -0.15) is 5.54 Å². The van der Waals surface area contributed by atoms with Crippen LogP contribution in [0.25, 0.3) is 0 Å². The molecule has 0 saturated heterocycles. The van der Waals surface area contributed by atoms with E-state index in [1.165, 1.54) is 0 Å². The first kappa shape index (κ1) is 36.3. The number of nitrogens with one attached hydrogen (secondary N) is 3. The van der Waals surface area contributed by atoms with Gasteiger partial charge in [-0.15, -0.1) is 4.48 Å². The molecule has 3 N–H and O–H groups in total. The zero-order valence-electron chi connectivity index (χ0n) is 14.6. The van der Waals surface area contributed by atoms with Crippen LogP contribution in [0.1, 0.15) is 26.2 Å². The standard InChI is InChI=1S/C11H20FN3O5.4F2/c1-3-20-10(17)13-7-5-4-6-8(9(16)15-12)14-11(18)19-2;4*1-2/h8H,3-7H2,1-2H3,(H,13,17)(H,14,18)(H,15,16);;;;. The van der Waals surface area contributed by atoms with Crippen LogP contribution >= 0.6 is 0 Å². The van der Waals surface area contributed by atoms with Crippen molar-refractivity contribution in [3.63, 3.8) is 0 Å². The largest absolute Gasteiger partial charge is 0.453 e. The second-order valence-corrected chi connectivity index (χ2v) is 3.79. The monoisotopic (exact) mass is 445 g/mol. The number of rotatable bonds is 8. The molecular formula is C11H20F9N3O5. The predicted molar refractivity (Wildman–Crippen MR) is 76.3 cm³/mol. The molecule has 0 rings (SSSR count). The van der Waals surface area contributed by atoms with E-state index in [9.17, 15) is 18.9 Å². The van der Waals surface area contributed by atoms with E-state index in [0.717, 1.165) is 12.6 Å². The summed E-state index contributed by atoms with van der Waals surface area (Å²) >= 11 is 0. The SMILES string of the molecule is CCOC(=O)NCCCCC(NC(=O)OC)C(=O)NF.FF.FF.FF.FF. The number of alkyl carbamates (subject to hydrolysis) is 2. The molecule has 172 valence electrons. The molecule has 0 radical (unpaired) electrons. The van der Waals surface area contributed by atoms with Crippen LogP contribution in [-0.2, 0) is 14.3 Å². The van der Waals surface area contributed by atoms with E-state index < -0.39 is 24.1 Å². The van der Waals surface area contributed by atoms with Crippen LogP contribution in [0.5, 0.6) is 0 Å². The fourth-order valence-electron chi connectivity index (χ4n) is 1.38. The molecule has 0 aliphatic carbocycles. The van der Waals surface area contributed by atoms with Gasteiger partial charge >= 0.3 is 12.2 Å². The first-order valence-corrected chi connectivity index (χ1v) is 6.77. The van der Waals surface area contributed by atoms with Crippen molar-refractivity contribution in [2.45, 2.75) is 32.2 Å². The minimum Gasteiger partial charge on any atom is -0.453 e. The molecule has 0 bridgehead atoms. The smallest absolute Gasteiger partial charge is 0.407 e. The number of hydrogen-bond acceptors (Lipinski definition) is 5. The van der Waals surface area contributed by atoms with Crippen molar-refractivity contribution >= 4 is 18.1 Å². The minimum absolute atomic E-state index is 0.218. The zero-order valence-corrected chi connectivity index (χ0v) is 14.6. The van der Waals surface area contributed by atoms with Gasteiger partial charge in [-0.1, -0.05) is 0 Å². The maximum Gasteiger partial charge on any atom is 0.407 e. The molecular weight excluding hydrogens is 425 g/mol. The molecule has 0 aromatic heterocycles. The fourth-order valence-corrected chi connectivity index (χ4v) is 1.38. The highest BCUT2D eigenvalue weighted by Crippen LogP contribution is 2.02. The van der Waals surface area contributed by atoms with Crippen LogP contribution in [0.3, 0.4) is 0 Å². The average Bonchev–Trinajstić information content (AvgIpc) is 2.77. The summed E-state index contributed by atoms with van der Waals surface area (Å²) in [5.41, 5.74) is 0.971. The Balaban J connectivity index is -0.000000194. The highest BCUT2D eigenvalue weighted by molar-refractivity contribution is 5.84. The number of halogens is 9. The molecule has 3 amide bonds. The van der Waals surface area contributed by atoms with Crippen LogP contribution in [0, 0.1) is 0 Å². The zero-order chi connectivity index (χ0) is 23.4. The van der Waals surface area contributed by atoms with Crippen LogP contribution < -0.4 is 16.2 Å². The Morgan fingerprint density at radius 2 is 1.39 bits per heavy atom. The third-order valence-corrected chi connectivity index (χ3v) is 2.35. The highest BCUT2D eigenvalue weighted by atomic mass is 20.0. The van der Waals surface area contributed by atoms with Crippen molar-refractivity contribution in [1.29, 1.82) is 0 Å². The summed E-state index contributed by atoms with van der Waals surface area (Å²) in [6.07, 6.45) is -0.0665. The molecule has 0 aromatic rings. The molecule has 0 spiro atoms. The Kier molecular flexibility index (Phi) is 46.0. The van der Waals surface area contributed by atoms with Crippen molar-refractivity contribution in [2.75, 3.05) is 20.3 Å². The van der Waals surface area contributed by atoms with Crippen LogP contribution in [0.2, 0.25) is 0 Å². The summed E-state index contributed by atoms with van der Waals surface area (Å²) < 4.78 is 85.1. The van der Waals surface area contributed by atoms with Crippen LogP contribution in [-0.4, -0.2) is 44.4 Å². The Bertz CT molecular complexity index is 347. The first-order valence-electron chi connectivity index (χ1n) is 6.77. The lowest BCUT2D eigenvalue weighted by Crippen LogP contribution is -2.44. The van der Waals surface area contributed by atoms with Crippen molar-refractivity contribution in [2.24, 2.45) is 0 Å². The van der Waals surface area contributed by atoms with Crippen LogP contribution in [0.4, 0.5) is 50.7 Å². The summed E-state index contributed by atoms with van der Waals surface area (Å²) in [5, 5.41) is 4.72. The fraction of sp³-hybridized carbons (Fsp3) is 0.727. The molecule has 0 heterocycles. The third-order valence-electron chi connectivity index (χ3n) is 2.35. The van der Waals surface area contributed by atoms with Gasteiger partial charge in [0.25, 0.3) is 5.91 Å². The molecule has 1 unspecified atom stereocenters. The van der Waals surface area contributed by atoms with Gasteiger partial charge in [0.1, 0.15) is 6.04 Å². The Hall–Kier alpha value is -2.62. The maximum absolute atomic E-state index is 12.1. The Labute approximate surface area is 153 Å². The predicted octanol–water partition coefficient (Wildman–Crippen LogP) is 3.99. The second-order valence-electron chi connectivity index (χ2n) is 3.79. The van der Waals surface area contributed by atoms with Gasteiger partial charge in [-0.3, -0.25) is 4.79 Å². The Morgan fingerprint density at radius 1 is 0.893 bits per heavy atom. The molecule has 1 atom stereocenters. The lowest BCUT2D eigenvalue weighted by atomic mass is 10.1. The van der Waals surface area contributed by atoms with Gasteiger partial charge in [0.05, 0.1) is 13.7 Å². The van der Waals surface area contributed by atoms with Crippen molar-refractivity contribution < 1.29 is 64.9 Å². The number of ether oxygens (including phenoxy) is 2. The van der Waals surface area contributed by atoms with E-state index in [4.69, 9.17) is 36.6 Å². The normalized spacial score (nSPS) is 8.82. The molecule has 8 nitrogen and oxygen atoms in total. The number of unbranched alkanes of at least 4 members (excludes halogenated alkanes) is 1. The summed E-state index contributed by atoms with van der Waals surface area (Å²) in [7, 11) is 1.14. The number of hydrogen-bond donors (Lipinski definition) is 3. The lowest BCUT2D eigenvalue weighted by molar-refractivity contribution is -0.127. The van der Waals surface area contributed by atoms with Gasteiger partial charge in [0.2, 0.25) is 0 Å². The second kappa shape index (κ2) is 35.5. The Morgan fingerprint density at radius 3 is 1.79 bits per heavy atom. The molecule has 0 fully saturated rings. The van der Waals surface area contributed by atoms with E-state index in [2.05, 4.69) is 20.1 Å². The number of carbonyl (C=O) groups is 3. The lowest BCUT2D eigenvalue weighted by Gasteiger charge is -2.15. The average molecular weight is 445 g/mol. The number of carbonyl (C=O) groups excluding carboxylic acids is 3. The van der Waals surface area contributed by atoms with E-state index in [1.54, 1.807) is 6.92 Å². The van der Waals surface area contributed by atoms with Crippen molar-refractivity contribution in [3.05, 3.63) is 0 Å². The highest BCUT2D eigenvalue weighted by Gasteiger charge is 2.20. The molecule has 0 aromatic carbocycles. The number of amides is 3. The summed E-state index contributed by atoms with van der Waals surface area (Å²) in [6.45, 7) is 2.34. The topological polar surface area (TPSA) is 106 Å². The molecule has 17 heteroatoms. The third kappa shape index (κ3) is 28.2. The van der Waals surface area contributed by atoms with Gasteiger partial charge < -0.3 is 20.1 Å². The molecule has 0 saturated carbocycles. The molecule has 28 heavy (non-hydrogen) atoms. The van der Waals surface area contributed by atoms with Gasteiger partial charge in [0, 0.05) is 43.1 Å². The van der Waals surface area contributed by atoms with Crippen molar-refractivity contribution in [3.8, 4) is 0 Å². The van der Waals surface area contributed by atoms with E-state index in [1.807, 2.05) is 0 Å². The first-order chi connectivity index (χ1) is 13.5. The molecule has 0 aliphatic heterocycles. The van der Waals surface area contributed by atoms with Crippen molar-refractivity contribution in [1.82, 2.24) is 16.2 Å². The van der Waals surface area contributed by atoms with Crippen LogP contribution in [0.15, 0.2) is 0 Å².